The topological polar surface area (TPSA) is 52.3 Å². The van der Waals surface area contributed by atoms with Crippen molar-refractivity contribution < 1.29 is 9.53 Å². The van der Waals surface area contributed by atoms with E-state index in [-0.39, 0.29) is 5.97 Å². The number of nitrogens with two attached hydrogens (primary N) is 1. The average molecular weight is 286 g/mol. The van der Waals surface area contributed by atoms with Crippen molar-refractivity contribution >= 4 is 35.0 Å². The molecule has 1 aromatic rings. The number of rotatable bonds is 5. The zero-order valence-corrected chi connectivity index (χ0v) is 12.0. The molecule has 0 atom stereocenters. The fraction of sp³-hybridized carbons (Fsp3) is 0.308. The van der Waals surface area contributed by atoms with Gasteiger partial charge in [-0.15, -0.1) is 11.8 Å². The Morgan fingerprint density at radius 3 is 2.83 bits per heavy atom. The molecule has 3 nitrogen and oxygen atoms in total. The maximum absolute atomic E-state index is 11.3. The molecule has 0 radical (unpaired) electrons. The second kappa shape index (κ2) is 7.34. The molecule has 0 bridgehead atoms. The first kappa shape index (κ1) is 14.9. The SMILES string of the molecule is CCC(=CCSc1ccc(N)c(Cl)c1)C(=O)OC. The molecule has 0 saturated carbocycles. The Labute approximate surface area is 116 Å². The number of thioether (sulfide) groups is 1. The van der Waals surface area contributed by atoms with Crippen LogP contribution < -0.4 is 5.73 Å². The first-order chi connectivity index (χ1) is 8.58. The largest absolute Gasteiger partial charge is 0.466 e. The third-order valence-corrected chi connectivity index (χ3v) is 3.63. The molecule has 0 aliphatic heterocycles. The monoisotopic (exact) mass is 285 g/mol. The van der Waals surface area contributed by atoms with Gasteiger partial charge in [0.05, 0.1) is 17.8 Å². The Morgan fingerprint density at radius 1 is 1.56 bits per heavy atom. The normalized spacial score (nSPS) is 11.4. The van der Waals surface area contributed by atoms with Gasteiger partial charge in [0, 0.05) is 16.2 Å². The number of carbonyl (C=O) groups is 1. The molecule has 0 unspecified atom stereocenters. The highest BCUT2D eigenvalue weighted by atomic mass is 35.5. The van der Waals surface area contributed by atoms with Crippen molar-refractivity contribution in [3.63, 3.8) is 0 Å². The number of halogens is 1. The Hall–Kier alpha value is -1.13. The van der Waals surface area contributed by atoms with Crippen molar-refractivity contribution in [2.45, 2.75) is 18.2 Å². The predicted molar refractivity (Wildman–Crippen MR) is 77.0 cm³/mol. The molecule has 0 aromatic heterocycles. The standard InChI is InChI=1S/C13H16ClNO2S/c1-3-9(13(16)17-2)6-7-18-10-4-5-12(15)11(14)8-10/h4-6,8H,3,7,15H2,1-2H3. The summed E-state index contributed by atoms with van der Waals surface area (Å²) in [5.41, 5.74) is 6.89. The summed E-state index contributed by atoms with van der Waals surface area (Å²) in [5, 5.41) is 0.549. The summed E-state index contributed by atoms with van der Waals surface area (Å²) in [7, 11) is 1.39. The van der Waals surface area contributed by atoms with Gasteiger partial charge in [0.1, 0.15) is 0 Å². The van der Waals surface area contributed by atoms with E-state index >= 15 is 0 Å². The minimum absolute atomic E-state index is 0.270. The minimum atomic E-state index is -0.270. The summed E-state index contributed by atoms with van der Waals surface area (Å²) in [6.07, 6.45) is 2.54. The van der Waals surface area contributed by atoms with Crippen LogP contribution in [0.15, 0.2) is 34.7 Å². The number of ether oxygens (including phenoxy) is 1. The van der Waals surface area contributed by atoms with E-state index in [2.05, 4.69) is 4.74 Å². The van der Waals surface area contributed by atoms with Crippen LogP contribution in [0.25, 0.3) is 0 Å². The lowest BCUT2D eigenvalue weighted by Gasteiger charge is -2.04. The van der Waals surface area contributed by atoms with Crippen molar-refractivity contribution in [3.8, 4) is 0 Å². The van der Waals surface area contributed by atoms with Crippen LogP contribution in [0.3, 0.4) is 0 Å². The van der Waals surface area contributed by atoms with Gasteiger partial charge in [-0.3, -0.25) is 0 Å². The Kier molecular flexibility index (Phi) is 6.09. The number of hydrogen-bond donors (Lipinski definition) is 1. The molecule has 5 heteroatoms. The van der Waals surface area contributed by atoms with E-state index < -0.39 is 0 Å². The summed E-state index contributed by atoms with van der Waals surface area (Å²) in [6.45, 7) is 1.92. The van der Waals surface area contributed by atoms with Gasteiger partial charge in [-0.05, 0) is 24.6 Å². The maximum Gasteiger partial charge on any atom is 0.333 e. The van der Waals surface area contributed by atoms with E-state index in [1.54, 1.807) is 17.8 Å². The Bertz CT molecular complexity index is 460. The summed E-state index contributed by atoms with van der Waals surface area (Å²) in [4.78, 5) is 12.4. The van der Waals surface area contributed by atoms with E-state index in [0.717, 1.165) is 4.90 Å². The molecular formula is C13H16ClNO2S. The maximum atomic E-state index is 11.3. The van der Waals surface area contributed by atoms with E-state index in [9.17, 15) is 4.79 Å². The summed E-state index contributed by atoms with van der Waals surface area (Å²) < 4.78 is 4.69. The van der Waals surface area contributed by atoms with E-state index in [1.165, 1.54) is 7.11 Å². The fourth-order valence-corrected chi connectivity index (χ4v) is 2.43. The molecule has 0 fully saturated rings. The van der Waals surface area contributed by atoms with Crippen molar-refractivity contribution in [2.24, 2.45) is 0 Å². The second-order valence-corrected chi connectivity index (χ2v) is 5.07. The molecule has 0 heterocycles. The smallest absolute Gasteiger partial charge is 0.333 e. The third kappa shape index (κ3) is 4.27. The number of carbonyl (C=O) groups excluding carboxylic acids is 1. The van der Waals surface area contributed by atoms with Crippen LogP contribution in [0.5, 0.6) is 0 Å². The highest BCUT2D eigenvalue weighted by molar-refractivity contribution is 7.99. The molecule has 98 valence electrons. The quantitative estimate of drug-likeness (QED) is 0.389. The van der Waals surface area contributed by atoms with Crippen molar-refractivity contribution in [1.29, 1.82) is 0 Å². The molecule has 2 N–H and O–H groups in total. The highest BCUT2D eigenvalue weighted by Gasteiger charge is 2.06. The lowest BCUT2D eigenvalue weighted by atomic mass is 10.2. The average Bonchev–Trinajstić information content (AvgIpc) is 2.38. The Balaban J connectivity index is 2.62. The summed E-state index contributed by atoms with van der Waals surface area (Å²) >= 11 is 7.52. The van der Waals surface area contributed by atoms with Gasteiger partial charge < -0.3 is 10.5 Å². The van der Waals surface area contributed by atoms with Crippen LogP contribution in [0.1, 0.15) is 13.3 Å². The number of anilines is 1. The zero-order valence-electron chi connectivity index (χ0n) is 10.4. The van der Waals surface area contributed by atoms with Crippen molar-refractivity contribution in [3.05, 3.63) is 34.9 Å². The first-order valence-corrected chi connectivity index (χ1v) is 6.90. The van der Waals surface area contributed by atoms with Gasteiger partial charge in [-0.25, -0.2) is 4.79 Å². The highest BCUT2D eigenvalue weighted by Crippen LogP contribution is 2.26. The number of nitrogen functional groups attached to an aromatic ring is 1. The van der Waals surface area contributed by atoms with Gasteiger partial charge in [0.2, 0.25) is 0 Å². The molecule has 1 aromatic carbocycles. The summed E-state index contributed by atoms with van der Waals surface area (Å²) in [6, 6.07) is 5.50. The minimum Gasteiger partial charge on any atom is -0.466 e. The van der Waals surface area contributed by atoms with Crippen LogP contribution in [0, 0.1) is 0 Å². The number of benzene rings is 1. The fourth-order valence-electron chi connectivity index (χ4n) is 1.34. The van der Waals surface area contributed by atoms with E-state index in [4.69, 9.17) is 17.3 Å². The summed E-state index contributed by atoms with van der Waals surface area (Å²) in [5.74, 6) is 0.423. The number of esters is 1. The molecule has 0 spiro atoms. The molecule has 0 aliphatic carbocycles. The van der Waals surface area contributed by atoms with E-state index in [1.807, 2.05) is 25.1 Å². The molecular weight excluding hydrogens is 270 g/mol. The number of hydrogen-bond acceptors (Lipinski definition) is 4. The van der Waals surface area contributed by atoms with Crippen LogP contribution >= 0.6 is 23.4 Å². The van der Waals surface area contributed by atoms with Gasteiger partial charge in [-0.2, -0.15) is 0 Å². The second-order valence-electron chi connectivity index (χ2n) is 3.57. The third-order valence-electron chi connectivity index (χ3n) is 2.38. The van der Waals surface area contributed by atoms with E-state index in [0.29, 0.717) is 28.5 Å². The Morgan fingerprint density at radius 2 is 2.28 bits per heavy atom. The van der Waals surface area contributed by atoms with Gasteiger partial charge >= 0.3 is 5.97 Å². The molecule has 1 rings (SSSR count). The molecule has 0 aliphatic rings. The van der Waals surface area contributed by atoms with Crippen molar-refractivity contribution in [2.75, 3.05) is 18.6 Å². The molecule has 0 amide bonds. The van der Waals surface area contributed by atoms with Crippen LogP contribution in [0.2, 0.25) is 5.02 Å². The van der Waals surface area contributed by atoms with Crippen LogP contribution in [0.4, 0.5) is 5.69 Å². The number of methoxy groups -OCH3 is 1. The first-order valence-electron chi connectivity index (χ1n) is 5.53. The lowest BCUT2D eigenvalue weighted by molar-refractivity contribution is -0.136. The van der Waals surface area contributed by atoms with Crippen LogP contribution in [-0.4, -0.2) is 18.8 Å². The van der Waals surface area contributed by atoms with Crippen molar-refractivity contribution in [1.82, 2.24) is 0 Å². The molecule has 18 heavy (non-hydrogen) atoms. The zero-order chi connectivity index (χ0) is 13.5. The van der Waals surface area contributed by atoms with Gasteiger partial charge in [0.25, 0.3) is 0 Å². The predicted octanol–water partition coefficient (Wildman–Crippen LogP) is 3.52. The van der Waals surface area contributed by atoms with Gasteiger partial charge in [-0.1, -0.05) is 24.6 Å². The lowest BCUT2D eigenvalue weighted by Crippen LogP contribution is -2.04. The molecule has 0 saturated heterocycles. The van der Waals surface area contributed by atoms with Gasteiger partial charge in [0.15, 0.2) is 0 Å². The van der Waals surface area contributed by atoms with Crippen LogP contribution in [-0.2, 0) is 9.53 Å².